The van der Waals surface area contributed by atoms with Crippen molar-refractivity contribution in [3.8, 4) is 0 Å². The van der Waals surface area contributed by atoms with Crippen LogP contribution in [-0.4, -0.2) is 46.4 Å². The summed E-state index contributed by atoms with van der Waals surface area (Å²) in [6, 6.07) is 7.72. The summed E-state index contributed by atoms with van der Waals surface area (Å²) in [4.78, 5) is 33.6. The van der Waals surface area contributed by atoms with Crippen molar-refractivity contribution >= 4 is 23.0 Å². The molecule has 1 aromatic carbocycles. The molecule has 4 N–H and O–H groups in total. The van der Waals surface area contributed by atoms with Crippen molar-refractivity contribution in [3.05, 3.63) is 30.1 Å². The molecular formula is C21H29N5O2. The number of hydrogen-bond acceptors (Lipinski definition) is 3. The predicted molar refractivity (Wildman–Crippen MR) is 108 cm³/mol. The predicted octanol–water partition coefficient (Wildman–Crippen LogP) is 2.74. The Balaban J connectivity index is 1.24. The maximum Gasteiger partial charge on any atom is 0.314 e. The second-order valence-electron chi connectivity index (χ2n) is 8.23. The number of carbonyl (C=O) groups excluding carboxylic acids is 2. The molecule has 2 aromatic rings. The highest BCUT2D eigenvalue weighted by atomic mass is 16.2. The molecule has 4 rings (SSSR count). The lowest BCUT2D eigenvalue weighted by Crippen LogP contribution is -2.47. The van der Waals surface area contributed by atoms with Gasteiger partial charge in [0.25, 0.3) is 0 Å². The average molecular weight is 383 g/mol. The lowest BCUT2D eigenvalue weighted by Gasteiger charge is -2.32. The van der Waals surface area contributed by atoms with Crippen LogP contribution in [0.1, 0.15) is 50.3 Å². The lowest BCUT2D eigenvalue weighted by molar-refractivity contribution is -0.126. The molecule has 28 heavy (non-hydrogen) atoms. The van der Waals surface area contributed by atoms with Crippen molar-refractivity contribution in [2.24, 2.45) is 17.6 Å². The Morgan fingerprint density at radius 2 is 1.96 bits per heavy atom. The summed E-state index contributed by atoms with van der Waals surface area (Å²) in [5.74, 6) is 2.01. The molecule has 150 valence electrons. The Labute approximate surface area is 165 Å². The van der Waals surface area contributed by atoms with E-state index < -0.39 is 6.03 Å². The molecule has 7 nitrogen and oxygen atoms in total. The lowest BCUT2D eigenvalue weighted by atomic mass is 9.81. The molecule has 1 saturated carbocycles. The highest BCUT2D eigenvalue weighted by Gasteiger charge is 2.29. The molecule has 1 saturated heterocycles. The molecule has 3 amide bonds. The largest absolute Gasteiger partial charge is 0.356 e. The van der Waals surface area contributed by atoms with Gasteiger partial charge in [0.15, 0.2) is 0 Å². The molecule has 1 aliphatic heterocycles. The van der Waals surface area contributed by atoms with Gasteiger partial charge in [-0.05, 0) is 56.6 Å². The second-order valence-corrected chi connectivity index (χ2v) is 8.23. The maximum absolute atomic E-state index is 12.5. The molecule has 2 heterocycles. The monoisotopic (exact) mass is 383 g/mol. The number of primary amides is 1. The van der Waals surface area contributed by atoms with Crippen LogP contribution < -0.4 is 11.1 Å². The number of H-pyrrole nitrogens is 1. The van der Waals surface area contributed by atoms with Crippen LogP contribution in [-0.2, 0) is 4.79 Å². The van der Waals surface area contributed by atoms with Crippen molar-refractivity contribution in [1.82, 2.24) is 20.2 Å². The number of nitrogens with zero attached hydrogens (tertiary/aromatic N) is 2. The minimum absolute atomic E-state index is 0.0605. The summed E-state index contributed by atoms with van der Waals surface area (Å²) in [5, 5.41) is 3.12. The minimum Gasteiger partial charge on any atom is -0.356 e. The van der Waals surface area contributed by atoms with Crippen LogP contribution in [0.2, 0.25) is 0 Å². The Kier molecular flexibility index (Phi) is 5.50. The number of piperidine rings is 1. The van der Waals surface area contributed by atoms with Gasteiger partial charge in [0.2, 0.25) is 5.91 Å². The fraction of sp³-hybridized carbons (Fsp3) is 0.571. The van der Waals surface area contributed by atoms with Crippen LogP contribution in [0, 0.1) is 11.8 Å². The number of para-hydroxylation sites is 2. The standard InChI is InChI=1S/C21H29N5O2/c22-21(28)26-11-3-4-16(13-26)20(27)23-12-14-7-9-15(10-8-14)19-24-17-5-1-2-6-18(17)25-19/h1-2,5-6,14-16H,3-4,7-13H2,(H2,22,28)(H,23,27)(H,24,25). The smallest absolute Gasteiger partial charge is 0.314 e. The molecular weight excluding hydrogens is 354 g/mol. The van der Waals surface area contributed by atoms with E-state index in [1.165, 1.54) is 0 Å². The molecule has 0 bridgehead atoms. The van der Waals surface area contributed by atoms with E-state index in [9.17, 15) is 9.59 Å². The molecule has 1 unspecified atom stereocenters. The summed E-state index contributed by atoms with van der Waals surface area (Å²) in [6.07, 6.45) is 6.05. The Bertz CT molecular complexity index is 807. The van der Waals surface area contributed by atoms with E-state index in [0.29, 0.717) is 24.9 Å². The number of aromatic amines is 1. The number of fused-ring (bicyclic) bond motifs is 1. The number of urea groups is 1. The van der Waals surface area contributed by atoms with Crippen molar-refractivity contribution in [1.29, 1.82) is 0 Å². The Hall–Kier alpha value is -2.57. The summed E-state index contributed by atoms with van der Waals surface area (Å²) >= 11 is 0. The van der Waals surface area contributed by atoms with E-state index in [1.807, 2.05) is 18.2 Å². The van der Waals surface area contributed by atoms with Crippen molar-refractivity contribution in [2.45, 2.75) is 44.4 Å². The topological polar surface area (TPSA) is 104 Å². The van der Waals surface area contributed by atoms with Gasteiger partial charge in [-0.1, -0.05) is 12.1 Å². The number of hydrogen-bond donors (Lipinski definition) is 3. The van der Waals surface area contributed by atoms with Crippen LogP contribution in [0.4, 0.5) is 4.79 Å². The van der Waals surface area contributed by atoms with E-state index in [1.54, 1.807) is 4.90 Å². The highest BCUT2D eigenvalue weighted by molar-refractivity contribution is 5.80. The summed E-state index contributed by atoms with van der Waals surface area (Å²) in [5.41, 5.74) is 7.49. The van der Waals surface area contributed by atoms with Crippen LogP contribution >= 0.6 is 0 Å². The zero-order chi connectivity index (χ0) is 19.5. The number of carbonyl (C=O) groups is 2. The first-order valence-corrected chi connectivity index (χ1v) is 10.4. The Morgan fingerprint density at radius 3 is 2.71 bits per heavy atom. The quantitative estimate of drug-likeness (QED) is 0.756. The fourth-order valence-electron chi connectivity index (χ4n) is 4.59. The third kappa shape index (κ3) is 4.13. The van der Waals surface area contributed by atoms with Gasteiger partial charge in [-0.25, -0.2) is 9.78 Å². The third-order valence-corrected chi connectivity index (χ3v) is 6.31. The summed E-state index contributed by atoms with van der Waals surface area (Å²) in [7, 11) is 0. The SMILES string of the molecule is NC(=O)N1CCCC(C(=O)NCC2CCC(c3nc4ccccc4[nH]3)CC2)C1. The fourth-order valence-corrected chi connectivity index (χ4v) is 4.59. The normalized spacial score (nSPS) is 25.6. The van der Waals surface area contributed by atoms with Crippen molar-refractivity contribution in [2.75, 3.05) is 19.6 Å². The van der Waals surface area contributed by atoms with Gasteiger partial charge in [0.05, 0.1) is 17.0 Å². The minimum atomic E-state index is -0.429. The zero-order valence-corrected chi connectivity index (χ0v) is 16.2. The zero-order valence-electron chi connectivity index (χ0n) is 16.2. The summed E-state index contributed by atoms with van der Waals surface area (Å²) < 4.78 is 0. The van der Waals surface area contributed by atoms with Gasteiger partial charge in [0, 0.05) is 25.6 Å². The first-order chi connectivity index (χ1) is 13.6. The van der Waals surface area contributed by atoms with Crippen LogP contribution in [0.25, 0.3) is 11.0 Å². The Morgan fingerprint density at radius 1 is 1.18 bits per heavy atom. The third-order valence-electron chi connectivity index (χ3n) is 6.31. The van der Waals surface area contributed by atoms with E-state index >= 15 is 0 Å². The number of imidazole rings is 1. The van der Waals surface area contributed by atoms with Crippen LogP contribution in [0.15, 0.2) is 24.3 Å². The second kappa shape index (κ2) is 8.20. The molecule has 0 spiro atoms. The van der Waals surface area contributed by atoms with E-state index in [2.05, 4.69) is 16.4 Å². The van der Waals surface area contributed by atoms with Crippen LogP contribution in [0.3, 0.4) is 0 Å². The first-order valence-electron chi connectivity index (χ1n) is 10.4. The molecule has 2 fully saturated rings. The van der Waals surface area contributed by atoms with E-state index in [-0.39, 0.29) is 11.8 Å². The number of nitrogens with two attached hydrogens (primary N) is 1. The van der Waals surface area contributed by atoms with Gasteiger partial charge < -0.3 is 20.9 Å². The molecule has 1 aromatic heterocycles. The maximum atomic E-state index is 12.5. The molecule has 0 radical (unpaired) electrons. The van der Waals surface area contributed by atoms with Gasteiger partial charge in [-0.2, -0.15) is 0 Å². The number of likely N-dealkylation sites (tertiary alicyclic amines) is 1. The number of rotatable bonds is 4. The van der Waals surface area contributed by atoms with E-state index in [0.717, 1.165) is 61.9 Å². The van der Waals surface area contributed by atoms with E-state index in [4.69, 9.17) is 10.7 Å². The molecule has 1 aliphatic carbocycles. The molecule has 2 aliphatic rings. The molecule has 7 heteroatoms. The van der Waals surface area contributed by atoms with Gasteiger partial charge in [0.1, 0.15) is 5.82 Å². The van der Waals surface area contributed by atoms with Crippen LogP contribution in [0.5, 0.6) is 0 Å². The number of aromatic nitrogens is 2. The van der Waals surface area contributed by atoms with Crippen molar-refractivity contribution in [3.63, 3.8) is 0 Å². The highest BCUT2D eigenvalue weighted by Crippen LogP contribution is 2.35. The average Bonchev–Trinajstić information content (AvgIpc) is 3.16. The van der Waals surface area contributed by atoms with Crippen molar-refractivity contribution < 1.29 is 9.59 Å². The molecule has 1 atom stereocenters. The number of nitrogens with one attached hydrogen (secondary N) is 2. The number of amides is 3. The number of benzene rings is 1. The van der Waals surface area contributed by atoms with Gasteiger partial charge in [-0.3, -0.25) is 4.79 Å². The first kappa shape index (κ1) is 18.8. The van der Waals surface area contributed by atoms with Gasteiger partial charge >= 0.3 is 6.03 Å². The van der Waals surface area contributed by atoms with Gasteiger partial charge in [-0.15, -0.1) is 0 Å². The summed E-state index contributed by atoms with van der Waals surface area (Å²) in [6.45, 7) is 1.82.